The normalized spacial score (nSPS) is 20.0. The fraction of sp³-hybridized carbons (Fsp3) is 0.765. The van der Waals surface area contributed by atoms with Crippen molar-refractivity contribution in [2.24, 2.45) is 7.05 Å². The number of nitrogens with one attached hydrogen (secondary N) is 1. The maximum atomic E-state index is 12.5. The number of carbonyl (C=O) groups is 1. The minimum Gasteiger partial charge on any atom is -0.335 e. The number of hydrogen-bond acceptors (Lipinski definition) is 3. The summed E-state index contributed by atoms with van der Waals surface area (Å²) >= 11 is 0. The highest BCUT2D eigenvalue weighted by Gasteiger charge is 2.25. The van der Waals surface area contributed by atoms with E-state index in [4.69, 9.17) is 0 Å². The molecule has 23 heavy (non-hydrogen) atoms. The van der Waals surface area contributed by atoms with Gasteiger partial charge >= 0.3 is 6.03 Å². The van der Waals surface area contributed by atoms with Crippen LogP contribution in [0, 0.1) is 13.8 Å². The van der Waals surface area contributed by atoms with Gasteiger partial charge < -0.3 is 15.1 Å². The van der Waals surface area contributed by atoms with E-state index in [1.54, 1.807) is 0 Å². The number of piperidine rings is 1. The van der Waals surface area contributed by atoms with Crippen LogP contribution in [0.1, 0.15) is 36.7 Å². The van der Waals surface area contributed by atoms with Crippen LogP contribution in [0.5, 0.6) is 0 Å². The third-order valence-corrected chi connectivity index (χ3v) is 4.95. The topological polar surface area (TPSA) is 53.4 Å². The lowest BCUT2D eigenvalue weighted by Crippen LogP contribution is -2.52. The van der Waals surface area contributed by atoms with Gasteiger partial charge in [-0.1, -0.05) is 0 Å². The van der Waals surface area contributed by atoms with Crippen molar-refractivity contribution in [3.8, 4) is 0 Å². The molecule has 0 spiro atoms. The molecule has 2 atom stereocenters. The van der Waals surface area contributed by atoms with Gasteiger partial charge in [-0.25, -0.2) is 4.79 Å². The zero-order chi connectivity index (χ0) is 17.1. The second-order valence-electron chi connectivity index (χ2n) is 7.03. The first-order valence-electron chi connectivity index (χ1n) is 8.50. The van der Waals surface area contributed by atoms with Gasteiger partial charge in [0.25, 0.3) is 0 Å². The number of carbonyl (C=O) groups excluding carboxylic acids is 1. The predicted octanol–water partition coefficient (Wildman–Crippen LogP) is 1.70. The first-order valence-corrected chi connectivity index (χ1v) is 8.50. The summed E-state index contributed by atoms with van der Waals surface area (Å²) < 4.78 is 1.91. The first kappa shape index (κ1) is 17.8. The van der Waals surface area contributed by atoms with Crippen LogP contribution in [0.3, 0.4) is 0 Å². The third kappa shape index (κ3) is 4.25. The molecule has 6 heteroatoms. The van der Waals surface area contributed by atoms with Crippen molar-refractivity contribution >= 4 is 6.03 Å². The highest BCUT2D eigenvalue weighted by Crippen LogP contribution is 2.16. The molecule has 0 aliphatic carbocycles. The lowest BCUT2D eigenvalue weighted by Gasteiger charge is -2.36. The van der Waals surface area contributed by atoms with E-state index in [-0.39, 0.29) is 12.1 Å². The van der Waals surface area contributed by atoms with Crippen molar-refractivity contribution in [1.29, 1.82) is 0 Å². The quantitative estimate of drug-likeness (QED) is 0.918. The minimum atomic E-state index is 0.0586. The molecule has 130 valence electrons. The SMILES string of the molecule is Cc1nn(C)c(C)c1C[C@H](C)NC(=O)N1CCC[C@H](N(C)C)C1. The number of hydrogen-bond donors (Lipinski definition) is 1. The predicted molar refractivity (Wildman–Crippen MR) is 92.7 cm³/mol. The van der Waals surface area contributed by atoms with Gasteiger partial charge in [0.15, 0.2) is 0 Å². The van der Waals surface area contributed by atoms with Crippen LogP contribution >= 0.6 is 0 Å². The average molecular weight is 321 g/mol. The maximum Gasteiger partial charge on any atom is 0.317 e. The molecule has 0 radical (unpaired) electrons. The van der Waals surface area contributed by atoms with Crippen molar-refractivity contribution in [1.82, 2.24) is 24.9 Å². The molecule has 0 aromatic carbocycles. The lowest BCUT2D eigenvalue weighted by molar-refractivity contribution is 0.138. The lowest BCUT2D eigenvalue weighted by atomic mass is 10.0. The zero-order valence-corrected chi connectivity index (χ0v) is 15.4. The monoisotopic (exact) mass is 321 g/mol. The molecule has 0 saturated carbocycles. The number of nitrogens with zero attached hydrogens (tertiary/aromatic N) is 4. The molecule has 1 aliphatic heterocycles. The summed E-state index contributed by atoms with van der Waals surface area (Å²) in [4.78, 5) is 16.7. The Morgan fingerprint density at radius 2 is 2.13 bits per heavy atom. The Labute approximate surface area is 139 Å². The number of rotatable bonds is 4. The van der Waals surface area contributed by atoms with Gasteiger partial charge in [-0.3, -0.25) is 4.68 Å². The number of aryl methyl sites for hydroxylation is 2. The molecule has 2 heterocycles. The fourth-order valence-corrected chi connectivity index (χ4v) is 3.33. The molecular formula is C17H31N5O. The standard InChI is InChI=1S/C17H31N5O/c1-12(10-16-13(2)19-21(6)14(16)3)18-17(23)22-9-7-8-15(11-22)20(4)5/h12,15H,7-11H2,1-6H3,(H,18,23)/t12-,15-/m0/s1. The molecule has 2 rings (SSSR count). The van der Waals surface area contributed by atoms with Crippen molar-refractivity contribution in [2.75, 3.05) is 27.2 Å². The number of likely N-dealkylation sites (N-methyl/N-ethyl adjacent to an activating group) is 1. The molecule has 0 bridgehead atoms. The van der Waals surface area contributed by atoms with E-state index in [0.29, 0.717) is 6.04 Å². The molecular weight excluding hydrogens is 290 g/mol. The largest absolute Gasteiger partial charge is 0.335 e. The number of urea groups is 1. The van der Waals surface area contributed by atoms with Crippen LogP contribution in [0.4, 0.5) is 4.79 Å². The van der Waals surface area contributed by atoms with E-state index < -0.39 is 0 Å². The summed E-state index contributed by atoms with van der Waals surface area (Å²) in [5, 5.41) is 7.60. The highest BCUT2D eigenvalue weighted by molar-refractivity contribution is 5.74. The molecule has 2 amide bonds. The van der Waals surface area contributed by atoms with Crippen LogP contribution in [-0.2, 0) is 13.5 Å². The Balaban J connectivity index is 1.92. The molecule has 0 unspecified atom stereocenters. The van der Waals surface area contributed by atoms with Gasteiger partial charge in [-0.05, 0) is 59.7 Å². The first-order chi connectivity index (χ1) is 10.8. The van der Waals surface area contributed by atoms with E-state index in [1.165, 1.54) is 17.7 Å². The van der Waals surface area contributed by atoms with Crippen molar-refractivity contribution in [3.63, 3.8) is 0 Å². The van der Waals surface area contributed by atoms with E-state index >= 15 is 0 Å². The number of likely N-dealkylation sites (tertiary alicyclic amines) is 1. The Bertz CT molecular complexity index is 551. The van der Waals surface area contributed by atoms with Crippen molar-refractivity contribution in [3.05, 3.63) is 17.0 Å². The summed E-state index contributed by atoms with van der Waals surface area (Å²) in [7, 11) is 6.13. The van der Waals surface area contributed by atoms with Crippen LogP contribution in [0.25, 0.3) is 0 Å². The Morgan fingerprint density at radius 1 is 1.43 bits per heavy atom. The van der Waals surface area contributed by atoms with Gasteiger partial charge in [0.05, 0.1) is 5.69 Å². The molecule has 1 aromatic rings. The van der Waals surface area contributed by atoms with Crippen molar-refractivity contribution < 1.29 is 4.79 Å². The summed E-state index contributed by atoms with van der Waals surface area (Å²) in [6.07, 6.45) is 3.06. The molecule has 1 fully saturated rings. The van der Waals surface area contributed by atoms with Crippen LogP contribution in [-0.4, -0.2) is 64.9 Å². The Hall–Kier alpha value is -1.56. The fourth-order valence-electron chi connectivity index (χ4n) is 3.33. The summed E-state index contributed by atoms with van der Waals surface area (Å²) in [6.45, 7) is 7.85. The van der Waals surface area contributed by atoms with Gasteiger partial charge in [0, 0.05) is 37.9 Å². The van der Waals surface area contributed by atoms with Gasteiger partial charge in [0.2, 0.25) is 0 Å². The second kappa shape index (κ2) is 7.34. The second-order valence-corrected chi connectivity index (χ2v) is 7.03. The van der Waals surface area contributed by atoms with E-state index in [0.717, 1.165) is 31.6 Å². The van der Waals surface area contributed by atoms with Gasteiger partial charge in [0.1, 0.15) is 0 Å². The minimum absolute atomic E-state index is 0.0586. The van der Waals surface area contributed by atoms with Crippen molar-refractivity contribution in [2.45, 2.75) is 52.1 Å². The highest BCUT2D eigenvalue weighted by atomic mass is 16.2. The molecule has 1 saturated heterocycles. The Kier molecular flexibility index (Phi) is 5.68. The van der Waals surface area contributed by atoms with E-state index in [9.17, 15) is 4.79 Å². The average Bonchev–Trinajstić information content (AvgIpc) is 2.73. The number of amides is 2. The Morgan fingerprint density at radius 3 is 2.70 bits per heavy atom. The maximum absolute atomic E-state index is 12.5. The molecule has 1 aliphatic rings. The molecule has 1 aromatic heterocycles. The molecule has 1 N–H and O–H groups in total. The van der Waals surface area contributed by atoms with Gasteiger partial charge in [-0.15, -0.1) is 0 Å². The zero-order valence-electron chi connectivity index (χ0n) is 15.4. The third-order valence-electron chi connectivity index (χ3n) is 4.95. The van der Waals surface area contributed by atoms with E-state index in [1.807, 2.05) is 23.6 Å². The van der Waals surface area contributed by atoms with Crippen LogP contribution in [0.15, 0.2) is 0 Å². The van der Waals surface area contributed by atoms with Crippen LogP contribution in [0.2, 0.25) is 0 Å². The summed E-state index contributed by atoms with van der Waals surface area (Å²) in [6, 6.07) is 0.625. The summed E-state index contributed by atoms with van der Waals surface area (Å²) in [5.74, 6) is 0. The van der Waals surface area contributed by atoms with Crippen LogP contribution < -0.4 is 5.32 Å². The number of aromatic nitrogens is 2. The smallest absolute Gasteiger partial charge is 0.317 e. The summed E-state index contributed by atoms with van der Waals surface area (Å²) in [5.41, 5.74) is 3.47. The van der Waals surface area contributed by atoms with E-state index in [2.05, 4.69) is 43.3 Å². The van der Waals surface area contributed by atoms with Gasteiger partial charge in [-0.2, -0.15) is 5.10 Å². The molecule has 6 nitrogen and oxygen atoms in total.